The number of hydrogen-bond acceptors (Lipinski definition) is 2. The Bertz CT molecular complexity index is 336. The summed E-state index contributed by atoms with van der Waals surface area (Å²) in [6.45, 7) is 3.73. The van der Waals surface area contributed by atoms with Crippen molar-refractivity contribution in [2.75, 3.05) is 0 Å². The van der Waals surface area contributed by atoms with Crippen molar-refractivity contribution in [2.45, 2.75) is 33.1 Å². The zero-order valence-corrected chi connectivity index (χ0v) is 8.09. The van der Waals surface area contributed by atoms with Crippen LogP contribution < -0.4 is 0 Å². The van der Waals surface area contributed by atoms with Crippen molar-refractivity contribution in [3.63, 3.8) is 0 Å². The fourth-order valence-electron chi connectivity index (χ4n) is 2.01. The first kappa shape index (κ1) is 8.54. The van der Waals surface area contributed by atoms with Crippen molar-refractivity contribution in [1.29, 1.82) is 0 Å². The number of aryl methyl sites for hydroxylation is 2. The topological polar surface area (TPSA) is 30.2 Å². The van der Waals surface area contributed by atoms with Crippen LogP contribution in [0.25, 0.3) is 0 Å². The Kier molecular flexibility index (Phi) is 1.98. The molecule has 1 heterocycles. The molecule has 1 unspecified atom stereocenters. The van der Waals surface area contributed by atoms with Crippen LogP contribution in [0.1, 0.15) is 30.2 Å². The van der Waals surface area contributed by atoms with E-state index in [2.05, 4.69) is 0 Å². The van der Waals surface area contributed by atoms with Crippen LogP contribution in [0, 0.1) is 12.8 Å². The summed E-state index contributed by atoms with van der Waals surface area (Å²) in [4.78, 5) is 11.2. The Morgan fingerprint density at radius 2 is 2.38 bits per heavy atom. The molecule has 0 saturated carbocycles. The van der Waals surface area contributed by atoms with Gasteiger partial charge in [-0.05, 0) is 37.8 Å². The molecule has 13 heavy (non-hydrogen) atoms. The van der Waals surface area contributed by atoms with Gasteiger partial charge in [-0.1, -0.05) is 0 Å². The first-order valence-electron chi connectivity index (χ1n) is 4.74. The molecule has 0 N–H and O–H groups in total. The van der Waals surface area contributed by atoms with Crippen LogP contribution >= 0.6 is 0 Å². The molecule has 0 aromatic carbocycles. The highest BCUT2D eigenvalue weighted by atomic mass is 16.3. The van der Waals surface area contributed by atoms with Crippen LogP contribution in [0.2, 0.25) is 0 Å². The number of ketones is 1. The molecule has 1 atom stereocenters. The van der Waals surface area contributed by atoms with Crippen molar-refractivity contribution in [3.8, 4) is 0 Å². The molecular weight excluding hydrogens is 164 g/mol. The van der Waals surface area contributed by atoms with Gasteiger partial charge in [0.2, 0.25) is 0 Å². The van der Waals surface area contributed by atoms with E-state index in [-0.39, 0.29) is 5.92 Å². The molecule has 0 fully saturated rings. The number of hydrogen-bond donors (Lipinski definition) is 0. The molecule has 2 heteroatoms. The fraction of sp³-hybridized carbons (Fsp3) is 0.545. The van der Waals surface area contributed by atoms with Gasteiger partial charge in [0.1, 0.15) is 11.5 Å². The lowest BCUT2D eigenvalue weighted by Gasteiger charge is -2.18. The van der Waals surface area contributed by atoms with E-state index in [1.54, 1.807) is 13.2 Å². The van der Waals surface area contributed by atoms with Crippen molar-refractivity contribution >= 4 is 5.78 Å². The molecular formula is C11H14O2. The first-order valence-corrected chi connectivity index (χ1v) is 4.74. The van der Waals surface area contributed by atoms with Gasteiger partial charge in [-0.3, -0.25) is 4.79 Å². The van der Waals surface area contributed by atoms with E-state index in [9.17, 15) is 4.79 Å². The van der Waals surface area contributed by atoms with Gasteiger partial charge in [-0.15, -0.1) is 0 Å². The first-order chi connectivity index (χ1) is 6.18. The van der Waals surface area contributed by atoms with Gasteiger partial charge in [0, 0.05) is 12.3 Å². The monoisotopic (exact) mass is 178 g/mol. The second kappa shape index (κ2) is 3.02. The Morgan fingerprint density at radius 3 is 3.08 bits per heavy atom. The molecule has 0 bridgehead atoms. The predicted molar refractivity (Wildman–Crippen MR) is 49.6 cm³/mol. The maximum atomic E-state index is 11.2. The van der Waals surface area contributed by atoms with Crippen LogP contribution in [-0.2, 0) is 17.6 Å². The summed E-state index contributed by atoms with van der Waals surface area (Å²) in [5.41, 5.74) is 2.47. The third kappa shape index (κ3) is 1.41. The summed E-state index contributed by atoms with van der Waals surface area (Å²) in [5, 5.41) is 0. The number of carbonyl (C=O) groups excluding carboxylic acids is 1. The summed E-state index contributed by atoms with van der Waals surface area (Å²) >= 11 is 0. The molecule has 0 spiro atoms. The van der Waals surface area contributed by atoms with E-state index >= 15 is 0 Å². The molecule has 1 aliphatic rings. The molecule has 1 aromatic heterocycles. The van der Waals surface area contributed by atoms with E-state index in [0.717, 1.165) is 25.0 Å². The Hall–Kier alpha value is -1.05. The van der Waals surface area contributed by atoms with Gasteiger partial charge in [0.15, 0.2) is 0 Å². The Labute approximate surface area is 77.9 Å². The molecule has 0 amide bonds. The largest absolute Gasteiger partial charge is 0.469 e. The zero-order valence-electron chi connectivity index (χ0n) is 8.09. The van der Waals surface area contributed by atoms with Crippen molar-refractivity contribution < 1.29 is 9.21 Å². The van der Waals surface area contributed by atoms with Gasteiger partial charge in [0.25, 0.3) is 0 Å². The van der Waals surface area contributed by atoms with E-state index < -0.39 is 0 Å². The smallest absolute Gasteiger partial charge is 0.133 e. The lowest BCUT2D eigenvalue weighted by atomic mass is 9.84. The highest BCUT2D eigenvalue weighted by molar-refractivity contribution is 5.79. The summed E-state index contributed by atoms with van der Waals surface area (Å²) in [7, 11) is 0. The summed E-state index contributed by atoms with van der Waals surface area (Å²) in [6.07, 6.45) is 4.56. The highest BCUT2D eigenvalue weighted by Crippen LogP contribution is 2.29. The number of rotatable bonds is 1. The van der Waals surface area contributed by atoms with Gasteiger partial charge >= 0.3 is 0 Å². The highest BCUT2D eigenvalue weighted by Gasteiger charge is 2.25. The lowest BCUT2D eigenvalue weighted by molar-refractivity contribution is -0.121. The minimum atomic E-state index is 0.226. The van der Waals surface area contributed by atoms with Crippen molar-refractivity contribution in [2.24, 2.45) is 5.92 Å². The van der Waals surface area contributed by atoms with E-state index in [1.807, 2.05) is 6.92 Å². The lowest BCUT2D eigenvalue weighted by Crippen LogP contribution is -2.19. The number of furan rings is 1. The quantitative estimate of drug-likeness (QED) is 0.660. The number of fused-ring (bicyclic) bond motifs is 1. The molecule has 0 saturated heterocycles. The molecule has 1 aromatic rings. The SMILES string of the molecule is CC(=O)C1CCc2occ(C)c2C1. The Morgan fingerprint density at radius 1 is 1.62 bits per heavy atom. The number of carbonyl (C=O) groups is 1. The Balaban J connectivity index is 2.27. The van der Waals surface area contributed by atoms with Gasteiger partial charge in [-0.25, -0.2) is 0 Å². The van der Waals surface area contributed by atoms with Gasteiger partial charge in [-0.2, -0.15) is 0 Å². The average molecular weight is 178 g/mol. The van der Waals surface area contributed by atoms with E-state index in [0.29, 0.717) is 5.78 Å². The van der Waals surface area contributed by atoms with Crippen LogP contribution in [0.4, 0.5) is 0 Å². The standard InChI is InChI=1S/C11H14O2/c1-7-6-13-11-4-3-9(8(2)12)5-10(7)11/h6,9H,3-5H2,1-2H3. The maximum Gasteiger partial charge on any atom is 0.133 e. The second-order valence-electron chi connectivity index (χ2n) is 3.87. The molecule has 70 valence electrons. The molecule has 0 radical (unpaired) electrons. The van der Waals surface area contributed by atoms with Gasteiger partial charge in [0.05, 0.1) is 6.26 Å². The van der Waals surface area contributed by atoms with Crippen molar-refractivity contribution in [1.82, 2.24) is 0 Å². The molecule has 1 aliphatic carbocycles. The molecule has 2 rings (SSSR count). The molecule has 2 nitrogen and oxygen atoms in total. The second-order valence-corrected chi connectivity index (χ2v) is 3.87. The third-order valence-corrected chi connectivity index (χ3v) is 2.94. The van der Waals surface area contributed by atoms with E-state index in [4.69, 9.17) is 4.42 Å². The maximum absolute atomic E-state index is 11.2. The fourth-order valence-corrected chi connectivity index (χ4v) is 2.01. The van der Waals surface area contributed by atoms with E-state index in [1.165, 1.54) is 11.1 Å². The van der Waals surface area contributed by atoms with Crippen LogP contribution in [-0.4, -0.2) is 5.78 Å². The van der Waals surface area contributed by atoms with Gasteiger partial charge < -0.3 is 4.42 Å². The minimum absolute atomic E-state index is 0.226. The summed E-state index contributed by atoms with van der Waals surface area (Å²) < 4.78 is 5.40. The third-order valence-electron chi connectivity index (χ3n) is 2.94. The van der Waals surface area contributed by atoms with Crippen molar-refractivity contribution in [3.05, 3.63) is 23.2 Å². The number of Topliss-reactive ketones (excluding diaryl/α,β-unsaturated/α-hetero) is 1. The normalized spacial score (nSPS) is 21.2. The predicted octanol–water partition coefficient (Wildman–Crippen LogP) is 2.28. The van der Waals surface area contributed by atoms with Crippen LogP contribution in [0.3, 0.4) is 0 Å². The average Bonchev–Trinajstić information content (AvgIpc) is 2.47. The summed E-state index contributed by atoms with van der Waals surface area (Å²) in [6, 6.07) is 0. The van der Waals surface area contributed by atoms with Crippen LogP contribution in [0.5, 0.6) is 0 Å². The zero-order chi connectivity index (χ0) is 9.42. The van der Waals surface area contributed by atoms with Crippen LogP contribution in [0.15, 0.2) is 10.7 Å². The minimum Gasteiger partial charge on any atom is -0.469 e. The summed E-state index contributed by atoms with van der Waals surface area (Å²) in [5.74, 6) is 1.63. The molecule has 0 aliphatic heterocycles.